The van der Waals surface area contributed by atoms with Crippen LogP contribution in [-0.2, 0) is 31.0 Å². The maximum absolute atomic E-state index is 8.93. The molecule has 46 valence electrons. The first-order chi connectivity index (χ1) is 3.15. The number of carboxylic acid groups (broad SMARTS) is 1. The molecule has 0 N–H and O–H groups in total. The average Bonchev–Trinajstić information content (AvgIpc) is 1.33. The minimum atomic E-state index is -1.08. The molecule has 0 saturated carbocycles. The summed E-state index contributed by atoms with van der Waals surface area (Å²) in [4.78, 5) is 8.89. The SMILES string of the molecule is CC(=O)[O-].CC[O-].[Zr+2]. The van der Waals surface area contributed by atoms with E-state index in [-0.39, 0.29) is 32.8 Å². The van der Waals surface area contributed by atoms with Crippen molar-refractivity contribution in [1.29, 1.82) is 0 Å². The predicted molar refractivity (Wildman–Crippen MR) is 21.2 cm³/mol. The summed E-state index contributed by atoms with van der Waals surface area (Å²) in [7, 11) is 0. The molecule has 0 aromatic rings. The van der Waals surface area contributed by atoms with Crippen LogP contribution < -0.4 is 10.2 Å². The van der Waals surface area contributed by atoms with Crippen LogP contribution in [0, 0.1) is 0 Å². The summed E-state index contributed by atoms with van der Waals surface area (Å²) in [5.41, 5.74) is 0. The molecule has 0 unspecified atom stereocenters. The zero-order valence-corrected chi connectivity index (χ0v) is 7.39. The van der Waals surface area contributed by atoms with Crippen molar-refractivity contribution in [2.24, 2.45) is 0 Å². The third-order valence-corrected chi connectivity index (χ3v) is 0. The summed E-state index contributed by atoms with van der Waals surface area (Å²) in [6.07, 6.45) is 0. The first-order valence-corrected chi connectivity index (χ1v) is 1.90. The molecular formula is C4H8O3Zr. The van der Waals surface area contributed by atoms with Gasteiger partial charge in [0.05, 0.1) is 0 Å². The first kappa shape index (κ1) is 15.7. The van der Waals surface area contributed by atoms with Gasteiger partial charge in [0, 0.05) is 5.97 Å². The van der Waals surface area contributed by atoms with Crippen molar-refractivity contribution < 1.29 is 41.2 Å². The Kier molecular flexibility index (Phi) is 30.8. The minimum Gasteiger partial charge on any atom is -0.855 e. The average molecular weight is 195 g/mol. The van der Waals surface area contributed by atoms with Crippen molar-refractivity contribution in [2.45, 2.75) is 13.8 Å². The van der Waals surface area contributed by atoms with Gasteiger partial charge in [0.2, 0.25) is 0 Å². The molecule has 0 aromatic carbocycles. The van der Waals surface area contributed by atoms with Gasteiger partial charge in [-0.3, -0.25) is 0 Å². The van der Waals surface area contributed by atoms with Crippen molar-refractivity contribution in [2.75, 3.05) is 6.61 Å². The molecule has 0 aliphatic heterocycles. The molecule has 8 heavy (non-hydrogen) atoms. The second kappa shape index (κ2) is 15.7. The molecule has 0 atom stereocenters. The van der Waals surface area contributed by atoms with Crippen molar-refractivity contribution in [1.82, 2.24) is 0 Å². The third-order valence-electron chi connectivity index (χ3n) is 0. The molecular weight excluding hydrogens is 187 g/mol. The second-order valence-electron chi connectivity index (χ2n) is 0.780. The monoisotopic (exact) mass is 194 g/mol. The first-order valence-electron chi connectivity index (χ1n) is 1.90. The molecule has 0 radical (unpaired) electrons. The van der Waals surface area contributed by atoms with Crippen LogP contribution in [0.4, 0.5) is 0 Å². The summed E-state index contributed by atoms with van der Waals surface area (Å²) in [6.45, 7) is 2.54. The van der Waals surface area contributed by atoms with Crippen LogP contribution in [-0.4, -0.2) is 12.6 Å². The third kappa shape index (κ3) is 1820. The maximum atomic E-state index is 8.93. The summed E-state index contributed by atoms with van der Waals surface area (Å²) < 4.78 is 0. The molecule has 0 fully saturated rings. The van der Waals surface area contributed by atoms with E-state index in [2.05, 4.69) is 0 Å². The predicted octanol–water partition coefficient (Wildman–Crippen LogP) is -1.88. The Balaban J connectivity index is -0.0000000575. The van der Waals surface area contributed by atoms with Crippen LogP contribution in [0.25, 0.3) is 0 Å². The summed E-state index contributed by atoms with van der Waals surface area (Å²) in [5, 5.41) is 17.8. The smallest absolute Gasteiger partial charge is 0.855 e. The van der Waals surface area contributed by atoms with Gasteiger partial charge in [-0.05, 0) is 6.92 Å². The van der Waals surface area contributed by atoms with Crippen LogP contribution in [0.3, 0.4) is 0 Å². The summed E-state index contributed by atoms with van der Waals surface area (Å²) in [6, 6.07) is 0. The fourth-order valence-corrected chi connectivity index (χ4v) is 0. The maximum Gasteiger partial charge on any atom is 2.00 e. The molecule has 0 aliphatic carbocycles. The zero-order chi connectivity index (χ0) is 6.28. The molecule has 0 heterocycles. The van der Waals surface area contributed by atoms with E-state index in [1.54, 1.807) is 6.92 Å². The Hall–Kier alpha value is 0.313. The quantitative estimate of drug-likeness (QED) is 0.454. The van der Waals surface area contributed by atoms with E-state index < -0.39 is 5.97 Å². The standard InChI is InChI=1S/C2H4O2.C2H5O.Zr/c1-2(3)4;1-2-3;/h1H3,(H,3,4);2H2,1H3;/q;-1;+2/p-1. The van der Waals surface area contributed by atoms with Gasteiger partial charge >= 0.3 is 26.2 Å². The number of rotatable bonds is 0. The largest absolute Gasteiger partial charge is 2.00 e. The normalized spacial score (nSPS) is 5.38. The van der Waals surface area contributed by atoms with E-state index >= 15 is 0 Å². The van der Waals surface area contributed by atoms with Gasteiger partial charge < -0.3 is 15.0 Å². The van der Waals surface area contributed by atoms with Gasteiger partial charge in [0.15, 0.2) is 0 Å². The number of hydrogen-bond acceptors (Lipinski definition) is 3. The van der Waals surface area contributed by atoms with Gasteiger partial charge in [-0.1, -0.05) is 6.92 Å². The van der Waals surface area contributed by atoms with Crippen LogP contribution in [0.1, 0.15) is 13.8 Å². The van der Waals surface area contributed by atoms with E-state index in [9.17, 15) is 0 Å². The fraction of sp³-hybridized carbons (Fsp3) is 0.750. The Morgan fingerprint density at radius 2 is 1.62 bits per heavy atom. The van der Waals surface area contributed by atoms with Crippen LogP contribution in [0.2, 0.25) is 0 Å². The van der Waals surface area contributed by atoms with Gasteiger partial charge in [0.1, 0.15) is 0 Å². The van der Waals surface area contributed by atoms with Crippen molar-refractivity contribution in [3.63, 3.8) is 0 Å². The topological polar surface area (TPSA) is 63.2 Å². The number of hydrogen-bond donors (Lipinski definition) is 0. The number of carbonyl (C=O) groups excluding carboxylic acids is 1. The molecule has 0 saturated heterocycles. The van der Waals surface area contributed by atoms with Gasteiger partial charge in [-0.25, -0.2) is 0 Å². The van der Waals surface area contributed by atoms with E-state index in [4.69, 9.17) is 15.0 Å². The fourth-order valence-electron chi connectivity index (χ4n) is 0. The number of aliphatic carboxylic acids is 1. The van der Waals surface area contributed by atoms with Crippen molar-refractivity contribution in [3.8, 4) is 0 Å². The summed E-state index contributed by atoms with van der Waals surface area (Å²) in [5.74, 6) is -1.08. The molecule has 0 amide bonds. The Bertz CT molecular complexity index is 42.5. The van der Waals surface area contributed by atoms with E-state index in [0.717, 1.165) is 6.92 Å². The van der Waals surface area contributed by atoms with E-state index in [0.29, 0.717) is 0 Å². The molecule has 0 aliphatic rings. The molecule has 0 aromatic heterocycles. The van der Waals surface area contributed by atoms with Crippen LogP contribution in [0.15, 0.2) is 0 Å². The second-order valence-corrected chi connectivity index (χ2v) is 0.780. The van der Waals surface area contributed by atoms with Crippen LogP contribution >= 0.6 is 0 Å². The number of carbonyl (C=O) groups is 1. The van der Waals surface area contributed by atoms with Gasteiger partial charge in [0.25, 0.3) is 0 Å². The zero-order valence-electron chi connectivity index (χ0n) is 4.93. The minimum absolute atomic E-state index is 0. The Labute approximate surface area is 67.8 Å². The van der Waals surface area contributed by atoms with E-state index in [1.165, 1.54) is 0 Å². The van der Waals surface area contributed by atoms with E-state index in [1.807, 2.05) is 0 Å². The van der Waals surface area contributed by atoms with Crippen LogP contribution in [0.5, 0.6) is 0 Å². The van der Waals surface area contributed by atoms with Crippen molar-refractivity contribution >= 4 is 5.97 Å². The van der Waals surface area contributed by atoms with Gasteiger partial charge in [-0.15, -0.1) is 6.61 Å². The molecule has 0 spiro atoms. The Morgan fingerprint density at radius 3 is 1.62 bits per heavy atom. The Morgan fingerprint density at radius 1 is 1.62 bits per heavy atom. The molecule has 4 heteroatoms. The summed E-state index contributed by atoms with van der Waals surface area (Å²) >= 11 is 0. The molecule has 3 nitrogen and oxygen atoms in total. The molecule has 0 rings (SSSR count). The molecule has 0 bridgehead atoms. The van der Waals surface area contributed by atoms with Gasteiger partial charge in [-0.2, -0.15) is 0 Å². The number of carboxylic acids is 1. The van der Waals surface area contributed by atoms with Crippen molar-refractivity contribution in [3.05, 3.63) is 0 Å².